The number of ether oxygens (including phenoxy) is 4. The third kappa shape index (κ3) is 7.80. The average Bonchev–Trinajstić information content (AvgIpc) is 3.03. The summed E-state index contributed by atoms with van der Waals surface area (Å²) in [6.07, 6.45) is 2.54. The molecule has 1 saturated carbocycles. The predicted octanol–water partition coefficient (Wildman–Crippen LogP) is 5.99. The normalized spacial score (nSPS) is 20.8. The highest BCUT2D eigenvalue weighted by Crippen LogP contribution is 2.48. The second-order valence-electron chi connectivity index (χ2n) is 11.6. The molecule has 0 heterocycles. The third-order valence-electron chi connectivity index (χ3n) is 8.22. The Bertz CT molecular complexity index is 1520. The first-order chi connectivity index (χ1) is 22.1. The quantitative estimate of drug-likeness (QED) is 0.146. The summed E-state index contributed by atoms with van der Waals surface area (Å²) in [5.41, 5.74) is -0.559. The first-order valence-electron chi connectivity index (χ1n) is 15.7. The van der Waals surface area contributed by atoms with Crippen LogP contribution in [-0.2, 0) is 14.4 Å². The number of hydrogen-bond acceptors (Lipinski definition) is 8. The second-order valence-corrected chi connectivity index (χ2v) is 11.6. The molecule has 10 nitrogen and oxygen atoms in total. The molecule has 3 aromatic rings. The molecule has 0 aliphatic heterocycles. The minimum atomic E-state index is -1.80. The number of rotatable bonds is 14. The van der Waals surface area contributed by atoms with Crippen LogP contribution in [0.25, 0.3) is 0 Å². The summed E-state index contributed by atoms with van der Waals surface area (Å²) in [5.74, 6) is -3.55. The van der Waals surface area contributed by atoms with Gasteiger partial charge in [-0.2, -0.15) is 0 Å². The van der Waals surface area contributed by atoms with Gasteiger partial charge >= 0.3 is 0 Å². The summed E-state index contributed by atoms with van der Waals surface area (Å²) in [6.45, 7) is 6.24. The SMILES string of the molecule is CCCCCOc1ccc(C2C(C(=O)Nc3ccccc3OC)C(=O)CC(C)(O)C2C(=O)Nc2ccccc2OC)cc1OCC. The molecule has 1 aliphatic carbocycles. The van der Waals surface area contributed by atoms with Crippen molar-refractivity contribution in [1.29, 1.82) is 0 Å². The van der Waals surface area contributed by atoms with Crippen LogP contribution in [-0.4, -0.2) is 55.7 Å². The Morgan fingerprint density at radius 2 is 1.43 bits per heavy atom. The molecule has 0 saturated heterocycles. The molecule has 0 bridgehead atoms. The highest BCUT2D eigenvalue weighted by molar-refractivity contribution is 6.11. The monoisotopic (exact) mass is 632 g/mol. The first kappa shape index (κ1) is 34.3. The van der Waals surface area contributed by atoms with Gasteiger partial charge in [0.05, 0.1) is 50.3 Å². The molecule has 1 fully saturated rings. The van der Waals surface area contributed by atoms with E-state index in [1.54, 1.807) is 66.7 Å². The summed E-state index contributed by atoms with van der Waals surface area (Å²) in [5, 5.41) is 17.5. The van der Waals surface area contributed by atoms with E-state index in [1.807, 2.05) is 6.92 Å². The van der Waals surface area contributed by atoms with E-state index < -0.39 is 47.4 Å². The summed E-state index contributed by atoms with van der Waals surface area (Å²) in [6, 6.07) is 18.9. The van der Waals surface area contributed by atoms with E-state index in [2.05, 4.69) is 17.6 Å². The molecule has 3 aromatic carbocycles. The smallest absolute Gasteiger partial charge is 0.235 e. The number of amides is 2. The van der Waals surface area contributed by atoms with Crippen molar-refractivity contribution in [2.45, 2.75) is 58.0 Å². The van der Waals surface area contributed by atoms with Crippen molar-refractivity contribution in [1.82, 2.24) is 0 Å². The van der Waals surface area contributed by atoms with Crippen LogP contribution in [0.5, 0.6) is 23.0 Å². The molecule has 46 heavy (non-hydrogen) atoms. The Labute approximate surface area is 270 Å². The van der Waals surface area contributed by atoms with Crippen LogP contribution in [0.4, 0.5) is 11.4 Å². The van der Waals surface area contributed by atoms with Gasteiger partial charge in [-0.15, -0.1) is 0 Å². The lowest BCUT2D eigenvalue weighted by molar-refractivity contribution is -0.150. The zero-order chi connectivity index (χ0) is 33.3. The number of carbonyl (C=O) groups excluding carboxylic acids is 3. The molecule has 0 aromatic heterocycles. The molecule has 246 valence electrons. The standard InChI is InChI=1S/C36H44N2O8/c1-6-8-13-20-46-29-19-18-23(21-30(29)45-7-2)31-32(34(40)37-24-14-9-11-16-27(24)43-4)26(39)22-36(3,42)33(31)35(41)38-25-15-10-12-17-28(25)44-5/h9-12,14-19,21,31-33,42H,6-8,13,20,22H2,1-5H3,(H,37,40)(H,38,41). The van der Waals surface area contributed by atoms with Crippen LogP contribution < -0.4 is 29.6 Å². The number of methoxy groups -OCH3 is 2. The highest BCUT2D eigenvalue weighted by Gasteiger charge is 2.56. The van der Waals surface area contributed by atoms with Crippen LogP contribution >= 0.6 is 0 Å². The van der Waals surface area contributed by atoms with E-state index in [1.165, 1.54) is 21.1 Å². The van der Waals surface area contributed by atoms with Crippen molar-refractivity contribution in [2.24, 2.45) is 11.8 Å². The fourth-order valence-corrected chi connectivity index (χ4v) is 6.06. The summed E-state index contributed by atoms with van der Waals surface area (Å²) in [4.78, 5) is 42.1. The molecular weight excluding hydrogens is 588 g/mol. The molecule has 2 amide bonds. The van der Waals surface area contributed by atoms with Gasteiger partial charge < -0.3 is 34.7 Å². The fourth-order valence-electron chi connectivity index (χ4n) is 6.06. The van der Waals surface area contributed by atoms with Crippen molar-refractivity contribution in [3.63, 3.8) is 0 Å². The number of aliphatic hydroxyl groups is 1. The van der Waals surface area contributed by atoms with Crippen molar-refractivity contribution >= 4 is 29.0 Å². The number of hydrogen-bond donors (Lipinski definition) is 3. The molecule has 3 N–H and O–H groups in total. The number of anilines is 2. The summed E-state index contributed by atoms with van der Waals surface area (Å²) in [7, 11) is 2.97. The molecule has 0 radical (unpaired) electrons. The van der Waals surface area contributed by atoms with E-state index in [0.29, 0.717) is 53.2 Å². The maximum Gasteiger partial charge on any atom is 0.235 e. The molecule has 4 rings (SSSR count). The maximum atomic E-state index is 14.2. The molecule has 10 heteroatoms. The van der Waals surface area contributed by atoms with E-state index in [9.17, 15) is 19.5 Å². The molecule has 4 atom stereocenters. The van der Waals surface area contributed by atoms with Crippen molar-refractivity contribution in [3.8, 4) is 23.0 Å². The Balaban J connectivity index is 1.82. The molecule has 4 unspecified atom stereocenters. The number of unbranched alkanes of at least 4 members (excludes halogenated alkanes) is 2. The number of ketones is 1. The lowest BCUT2D eigenvalue weighted by Crippen LogP contribution is -2.56. The van der Waals surface area contributed by atoms with E-state index in [4.69, 9.17) is 18.9 Å². The van der Waals surface area contributed by atoms with E-state index in [-0.39, 0.29) is 0 Å². The third-order valence-corrected chi connectivity index (χ3v) is 8.22. The van der Waals surface area contributed by atoms with E-state index in [0.717, 1.165) is 19.3 Å². The van der Waals surface area contributed by atoms with E-state index >= 15 is 0 Å². The summed E-state index contributed by atoms with van der Waals surface area (Å²) >= 11 is 0. The lowest BCUT2D eigenvalue weighted by atomic mass is 9.61. The van der Waals surface area contributed by atoms with Crippen LogP contribution in [0.15, 0.2) is 66.7 Å². The second kappa shape index (κ2) is 15.6. The Kier molecular flexibility index (Phi) is 11.7. The van der Waals surface area contributed by atoms with Crippen molar-refractivity contribution in [2.75, 3.05) is 38.1 Å². The predicted molar refractivity (Wildman–Crippen MR) is 176 cm³/mol. The largest absolute Gasteiger partial charge is 0.495 e. The zero-order valence-corrected chi connectivity index (χ0v) is 27.1. The van der Waals surface area contributed by atoms with Gasteiger partial charge in [0.15, 0.2) is 11.5 Å². The van der Waals surface area contributed by atoms with Gasteiger partial charge in [0.2, 0.25) is 11.8 Å². The van der Waals surface area contributed by atoms with Gasteiger partial charge in [-0.25, -0.2) is 0 Å². The van der Waals surface area contributed by atoms with Gasteiger partial charge in [0, 0.05) is 12.3 Å². The molecular formula is C36H44N2O8. The maximum absolute atomic E-state index is 14.2. The fraction of sp³-hybridized carbons (Fsp3) is 0.417. The number of para-hydroxylation sites is 4. The topological polar surface area (TPSA) is 132 Å². The van der Waals surface area contributed by atoms with Crippen LogP contribution in [0.2, 0.25) is 0 Å². The Morgan fingerprint density at radius 1 is 0.826 bits per heavy atom. The van der Waals surface area contributed by atoms with Crippen molar-refractivity contribution in [3.05, 3.63) is 72.3 Å². The van der Waals surface area contributed by atoms with Gasteiger partial charge in [-0.3, -0.25) is 14.4 Å². The average molecular weight is 633 g/mol. The highest BCUT2D eigenvalue weighted by atomic mass is 16.5. The minimum absolute atomic E-state index is 0.339. The van der Waals surface area contributed by atoms with Crippen LogP contribution in [0.3, 0.4) is 0 Å². The first-order valence-corrected chi connectivity index (χ1v) is 15.7. The lowest BCUT2D eigenvalue weighted by Gasteiger charge is -2.44. The van der Waals surface area contributed by atoms with Gasteiger partial charge in [0.25, 0.3) is 0 Å². The van der Waals surface area contributed by atoms with Gasteiger partial charge in [-0.05, 0) is 62.2 Å². The number of Topliss-reactive ketones (excluding diaryl/α,β-unsaturated/α-hetero) is 1. The molecule has 1 aliphatic rings. The molecule has 0 spiro atoms. The summed E-state index contributed by atoms with van der Waals surface area (Å²) < 4.78 is 22.8. The number of benzene rings is 3. The zero-order valence-electron chi connectivity index (χ0n) is 27.1. The minimum Gasteiger partial charge on any atom is -0.495 e. The number of carbonyl (C=O) groups is 3. The van der Waals surface area contributed by atoms with Gasteiger partial charge in [0.1, 0.15) is 23.2 Å². The number of nitrogens with one attached hydrogen (secondary N) is 2. The van der Waals surface area contributed by atoms with Crippen LogP contribution in [0.1, 0.15) is 57.9 Å². The Morgan fingerprint density at radius 3 is 2.02 bits per heavy atom. The Hall–Kier alpha value is -4.57. The van der Waals surface area contributed by atoms with Crippen molar-refractivity contribution < 1.29 is 38.4 Å². The van der Waals surface area contributed by atoms with Gasteiger partial charge in [-0.1, -0.05) is 50.1 Å². The van der Waals surface area contributed by atoms with Crippen LogP contribution in [0, 0.1) is 11.8 Å².